The summed E-state index contributed by atoms with van der Waals surface area (Å²) in [5.41, 5.74) is 1.11. The molecule has 4 bridgehead atoms. The van der Waals surface area contributed by atoms with Crippen LogP contribution in [0.3, 0.4) is 0 Å². The molecule has 0 heterocycles. The van der Waals surface area contributed by atoms with E-state index in [9.17, 15) is 13.2 Å². The molecule has 0 aromatic heterocycles. The number of nitrogens with two attached hydrogens (primary N) is 1. The fourth-order valence-electron chi connectivity index (χ4n) is 5.56. The van der Waals surface area contributed by atoms with Crippen molar-refractivity contribution in [3.8, 4) is 0 Å². The predicted octanol–water partition coefficient (Wildman–Crippen LogP) is 2.65. The molecule has 0 atom stereocenters. The fourth-order valence-corrected chi connectivity index (χ4v) is 6.37. The maximum absolute atomic E-state index is 12.9. The molecular weight excluding hydrogens is 324 g/mol. The Kier molecular flexibility index (Phi) is 3.73. The second-order valence-electron chi connectivity index (χ2n) is 7.97. The lowest BCUT2D eigenvalue weighted by atomic mass is 9.51. The van der Waals surface area contributed by atoms with Gasteiger partial charge >= 0.3 is 0 Å². The molecule has 6 heteroatoms. The predicted molar refractivity (Wildman–Crippen MR) is 91.7 cm³/mol. The fraction of sp³-hybridized carbons (Fsp3) is 0.611. The highest BCUT2D eigenvalue weighted by Crippen LogP contribution is 2.56. The van der Waals surface area contributed by atoms with Crippen molar-refractivity contribution in [2.75, 3.05) is 5.32 Å². The first-order valence-electron chi connectivity index (χ1n) is 8.75. The van der Waals surface area contributed by atoms with E-state index in [1.165, 1.54) is 38.2 Å². The number of primary sulfonamides is 1. The van der Waals surface area contributed by atoms with E-state index >= 15 is 0 Å². The summed E-state index contributed by atoms with van der Waals surface area (Å²) in [5.74, 6) is 2.79. The Bertz CT molecular complexity index is 759. The summed E-state index contributed by atoms with van der Waals surface area (Å²) in [7, 11) is -3.78. The van der Waals surface area contributed by atoms with Crippen LogP contribution >= 0.6 is 0 Å². The van der Waals surface area contributed by atoms with Gasteiger partial charge in [-0.3, -0.25) is 4.79 Å². The number of benzene rings is 1. The van der Waals surface area contributed by atoms with Crippen molar-refractivity contribution in [1.82, 2.24) is 0 Å². The van der Waals surface area contributed by atoms with Crippen molar-refractivity contribution in [1.29, 1.82) is 0 Å². The number of nitrogens with one attached hydrogen (secondary N) is 1. The molecule has 0 radical (unpaired) electrons. The number of hydrogen-bond acceptors (Lipinski definition) is 3. The number of carbonyl (C=O) groups excluding carboxylic acids is 1. The highest BCUT2D eigenvalue weighted by atomic mass is 32.2. The van der Waals surface area contributed by atoms with Gasteiger partial charge in [0.15, 0.2) is 0 Å². The van der Waals surface area contributed by atoms with E-state index in [2.05, 4.69) is 5.32 Å². The zero-order valence-corrected chi connectivity index (χ0v) is 14.7. The average Bonchev–Trinajstić information content (AvgIpc) is 2.47. The van der Waals surface area contributed by atoms with E-state index in [1.54, 1.807) is 19.1 Å². The highest BCUT2D eigenvalue weighted by molar-refractivity contribution is 7.89. The van der Waals surface area contributed by atoms with Gasteiger partial charge in [0.2, 0.25) is 15.9 Å². The van der Waals surface area contributed by atoms with Gasteiger partial charge in [-0.05, 0) is 80.4 Å². The molecule has 4 aliphatic carbocycles. The lowest BCUT2D eigenvalue weighted by molar-refractivity contribution is -0.132. The Hall–Kier alpha value is -1.40. The number of carbonyl (C=O) groups is 1. The van der Waals surface area contributed by atoms with Gasteiger partial charge in [0.25, 0.3) is 0 Å². The Labute approximate surface area is 143 Å². The first kappa shape index (κ1) is 16.1. The van der Waals surface area contributed by atoms with Gasteiger partial charge in [-0.1, -0.05) is 6.07 Å². The molecule has 1 aromatic carbocycles. The van der Waals surface area contributed by atoms with Crippen LogP contribution in [0.4, 0.5) is 5.69 Å². The van der Waals surface area contributed by atoms with E-state index in [-0.39, 0.29) is 16.7 Å². The smallest absolute Gasteiger partial charge is 0.238 e. The topological polar surface area (TPSA) is 89.3 Å². The van der Waals surface area contributed by atoms with Crippen LogP contribution in [-0.4, -0.2) is 14.3 Å². The minimum Gasteiger partial charge on any atom is -0.326 e. The van der Waals surface area contributed by atoms with Crippen LogP contribution in [0.15, 0.2) is 23.1 Å². The van der Waals surface area contributed by atoms with E-state index in [0.29, 0.717) is 23.1 Å². The Balaban J connectivity index is 1.55. The molecule has 1 aromatic rings. The van der Waals surface area contributed by atoms with Crippen LogP contribution in [0.25, 0.3) is 0 Å². The molecule has 0 saturated heterocycles. The Morgan fingerprint density at radius 3 is 2.21 bits per heavy atom. The SMILES string of the molecule is Cc1ccc(NC(=O)C2C3CC4CC(C3)CC2C4)cc1S(N)(=O)=O. The average molecular weight is 348 g/mol. The van der Waals surface area contributed by atoms with Crippen LogP contribution in [0.1, 0.15) is 37.7 Å². The van der Waals surface area contributed by atoms with Crippen LogP contribution in [0.5, 0.6) is 0 Å². The summed E-state index contributed by atoms with van der Waals surface area (Å²) < 4.78 is 23.3. The van der Waals surface area contributed by atoms with Gasteiger partial charge < -0.3 is 5.32 Å². The highest BCUT2D eigenvalue weighted by Gasteiger charge is 2.50. The summed E-state index contributed by atoms with van der Waals surface area (Å²) in [6, 6.07) is 4.91. The van der Waals surface area contributed by atoms with Crippen molar-refractivity contribution in [2.45, 2.75) is 43.9 Å². The monoisotopic (exact) mass is 348 g/mol. The standard InChI is InChI=1S/C18H24N2O3S/c1-10-2-3-15(9-16(10)24(19,22)23)20-18(21)17-13-5-11-4-12(7-13)8-14(17)6-11/h2-3,9,11-14,17H,4-8H2,1H3,(H,20,21)(H2,19,22,23). The van der Waals surface area contributed by atoms with Gasteiger partial charge in [0, 0.05) is 11.6 Å². The molecule has 5 nitrogen and oxygen atoms in total. The molecule has 24 heavy (non-hydrogen) atoms. The van der Waals surface area contributed by atoms with Crippen LogP contribution in [0.2, 0.25) is 0 Å². The number of aryl methyl sites for hydroxylation is 1. The summed E-state index contributed by atoms with van der Waals surface area (Å²) in [6.07, 6.45) is 6.09. The number of anilines is 1. The number of amides is 1. The first-order valence-corrected chi connectivity index (χ1v) is 10.3. The zero-order valence-electron chi connectivity index (χ0n) is 13.9. The molecule has 4 fully saturated rings. The number of sulfonamides is 1. The summed E-state index contributed by atoms with van der Waals surface area (Å²) in [5, 5.41) is 8.21. The van der Waals surface area contributed by atoms with Gasteiger partial charge in [0.05, 0.1) is 4.90 Å². The number of hydrogen-bond donors (Lipinski definition) is 2. The van der Waals surface area contributed by atoms with Gasteiger partial charge in [0.1, 0.15) is 0 Å². The van der Waals surface area contributed by atoms with Crippen molar-refractivity contribution in [3.63, 3.8) is 0 Å². The molecule has 1 amide bonds. The van der Waals surface area contributed by atoms with E-state index in [0.717, 1.165) is 11.8 Å². The van der Waals surface area contributed by atoms with E-state index in [1.807, 2.05) is 0 Å². The minimum absolute atomic E-state index is 0.0491. The van der Waals surface area contributed by atoms with Crippen LogP contribution in [-0.2, 0) is 14.8 Å². The van der Waals surface area contributed by atoms with Gasteiger partial charge in [-0.25, -0.2) is 13.6 Å². The van der Waals surface area contributed by atoms with E-state index in [4.69, 9.17) is 5.14 Å². The lowest BCUT2D eigenvalue weighted by Gasteiger charge is -2.53. The normalized spacial score (nSPS) is 34.3. The second kappa shape index (κ2) is 5.56. The molecule has 0 unspecified atom stereocenters. The quantitative estimate of drug-likeness (QED) is 0.880. The minimum atomic E-state index is -3.78. The maximum atomic E-state index is 12.9. The Morgan fingerprint density at radius 1 is 1.08 bits per heavy atom. The molecule has 4 saturated carbocycles. The third kappa shape index (κ3) is 2.75. The summed E-state index contributed by atoms with van der Waals surface area (Å²) in [6.45, 7) is 1.70. The lowest BCUT2D eigenvalue weighted by Crippen LogP contribution is -2.49. The second-order valence-corrected chi connectivity index (χ2v) is 9.50. The molecule has 0 spiro atoms. The number of rotatable bonds is 3. The Morgan fingerprint density at radius 2 is 1.67 bits per heavy atom. The molecule has 3 N–H and O–H groups in total. The summed E-state index contributed by atoms with van der Waals surface area (Å²) in [4.78, 5) is 12.9. The molecular formula is C18H24N2O3S. The zero-order chi connectivity index (χ0) is 17.1. The first-order chi connectivity index (χ1) is 11.3. The van der Waals surface area contributed by atoms with Crippen molar-refractivity contribution in [2.24, 2.45) is 34.7 Å². The van der Waals surface area contributed by atoms with Crippen molar-refractivity contribution < 1.29 is 13.2 Å². The molecule has 5 rings (SSSR count). The van der Waals surface area contributed by atoms with Gasteiger partial charge in [-0.2, -0.15) is 0 Å². The van der Waals surface area contributed by atoms with Crippen molar-refractivity contribution in [3.05, 3.63) is 23.8 Å². The molecule has 0 aliphatic heterocycles. The molecule has 4 aliphatic rings. The third-order valence-electron chi connectivity index (χ3n) is 6.29. The molecule has 130 valence electrons. The summed E-state index contributed by atoms with van der Waals surface area (Å²) >= 11 is 0. The van der Waals surface area contributed by atoms with Crippen molar-refractivity contribution >= 4 is 21.6 Å². The maximum Gasteiger partial charge on any atom is 0.238 e. The van der Waals surface area contributed by atoms with E-state index < -0.39 is 10.0 Å². The van der Waals surface area contributed by atoms with Crippen LogP contribution in [0, 0.1) is 36.5 Å². The van der Waals surface area contributed by atoms with Gasteiger partial charge in [-0.15, -0.1) is 0 Å². The third-order valence-corrected chi connectivity index (χ3v) is 7.34. The van der Waals surface area contributed by atoms with Crippen LogP contribution < -0.4 is 10.5 Å². The largest absolute Gasteiger partial charge is 0.326 e.